The molecule has 71 valence electrons. The number of hydrogen-bond donors (Lipinski definition) is 0. The lowest BCUT2D eigenvalue weighted by Gasteiger charge is -2.09. The summed E-state index contributed by atoms with van der Waals surface area (Å²) in [6, 6.07) is 8.62. The Kier molecular flexibility index (Phi) is 2.10. The van der Waals surface area contributed by atoms with Crippen LogP contribution in [0.4, 0.5) is 0 Å². The minimum Gasteiger partial charge on any atom is -0.104 e. The zero-order chi connectivity index (χ0) is 10.1. The average molecular weight is 191 g/mol. The lowest BCUT2D eigenvalue weighted by molar-refractivity contribution is 1.21. The first kappa shape index (κ1) is 8.78. The van der Waals surface area contributed by atoms with Crippen molar-refractivity contribution in [2.45, 2.75) is 12.2 Å². The van der Waals surface area contributed by atoms with Gasteiger partial charge in [-0.15, -0.1) is 5.47 Å². The molecule has 1 radical (unpaired) electrons. The molecule has 0 saturated carbocycles. The van der Waals surface area contributed by atoms with Crippen molar-refractivity contribution in [3.05, 3.63) is 65.2 Å². The van der Waals surface area contributed by atoms with Crippen molar-refractivity contribution in [1.82, 2.24) is 0 Å². The van der Waals surface area contributed by atoms with Gasteiger partial charge in [0.2, 0.25) is 0 Å². The van der Waals surface area contributed by atoms with Gasteiger partial charge in [-0.25, -0.2) is 0 Å². The van der Waals surface area contributed by atoms with Crippen molar-refractivity contribution >= 4 is 13.4 Å². The molecule has 0 amide bonds. The standard InChI is InChI=1S/C14H12B/c1-4-8-13-11(5-1)9-10-14(13)15-12-6-2-3-7-12/h1-6,8-10,14H,7H2. The third kappa shape index (κ3) is 1.59. The average Bonchev–Trinajstić information content (AvgIpc) is 2.89. The molecular formula is C14H12B. The maximum atomic E-state index is 2.36. The van der Waals surface area contributed by atoms with E-state index >= 15 is 0 Å². The van der Waals surface area contributed by atoms with Gasteiger partial charge in [-0.1, -0.05) is 54.6 Å². The van der Waals surface area contributed by atoms with Gasteiger partial charge in [0.15, 0.2) is 7.28 Å². The van der Waals surface area contributed by atoms with Crippen LogP contribution < -0.4 is 0 Å². The quantitative estimate of drug-likeness (QED) is 0.629. The van der Waals surface area contributed by atoms with Gasteiger partial charge in [-0.2, -0.15) is 0 Å². The molecule has 1 aromatic rings. The van der Waals surface area contributed by atoms with Crippen molar-refractivity contribution in [3.8, 4) is 0 Å². The molecule has 1 heteroatoms. The lowest BCUT2D eigenvalue weighted by atomic mass is 9.56. The van der Waals surface area contributed by atoms with Crippen LogP contribution in [0.25, 0.3) is 6.08 Å². The summed E-state index contributed by atoms with van der Waals surface area (Å²) in [6.45, 7) is 0. The molecule has 0 bridgehead atoms. The van der Waals surface area contributed by atoms with Crippen molar-refractivity contribution in [2.75, 3.05) is 0 Å². The number of fused-ring (bicyclic) bond motifs is 1. The number of benzene rings is 1. The van der Waals surface area contributed by atoms with Gasteiger partial charge in [0.25, 0.3) is 0 Å². The minimum absolute atomic E-state index is 0.479. The van der Waals surface area contributed by atoms with Crippen LogP contribution in [0.1, 0.15) is 23.4 Å². The summed E-state index contributed by atoms with van der Waals surface area (Å²) in [5, 5.41) is 0. The van der Waals surface area contributed by atoms with Crippen LogP contribution in [0.2, 0.25) is 0 Å². The van der Waals surface area contributed by atoms with Crippen LogP contribution in [0, 0.1) is 0 Å². The summed E-state index contributed by atoms with van der Waals surface area (Å²) in [5.74, 6) is 0.479. The molecule has 3 rings (SSSR count). The van der Waals surface area contributed by atoms with Crippen LogP contribution in [0.5, 0.6) is 0 Å². The van der Waals surface area contributed by atoms with Crippen molar-refractivity contribution in [1.29, 1.82) is 0 Å². The van der Waals surface area contributed by atoms with E-state index in [-0.39, 0.29) is 0 Å². The predicted octanol–water partition coefficient (Wildman–Crippen LogP) is 3.30. The lowest BCUT2D eigenvalue weighted by Crippen LogP contribution is -2.06. The van der Waals surface area contributed by atoms with Gasteiger partial charge in [-0.05, 0) is 23.4 Å². The monoisotopic (exact) mass is 191 g/mol. The maximum Gasteiger partial charge on any atom is 0.160 e. The fraction of sp³-hybridized carbons (Fsp3) is 0.143. The Morgan fingerprint density at radius 3 is 3.00 bits per heavy atom. The molecule has 0 N–H and O–H groups in total. The molecule has 2 aliphatic carbocycles. The van der Waals surface area contributed by atoms with E-state index in [2.05, 4.69) is 61.9 Å². The number of allylic oxidation sites excluding steroid dienone is 5. The third-order valence-electron chi connectivity index (χ3n) is 3.03. The summed E-state index contributed by atoms with van der Waals surface area (Å²) in [5.41, 5.74) is 4.23. The van der Waals surface area contributed by atoms with Gasteiger partial charge in [0, 0.05) is 0 Å². The molecule has 1 aromatic carbocycles. The van der Waals surface area contributed by atoms with Gasteiger partial charge < -0.3 is 0 Å². The molecule has 0 aliphatic heterocycles. The second-order valence-corrected chi connectivity index (χ2v) is 4.05. The zero-order valence-electron chi connectivity index (χ0n) is 8.56. The summed E-state index contributed by atoms with van der Waals surface area (Å²) >= 11 is 0. The molecule has 2 aliphatic rings. The second-order valence-electron chi connectivity index (χ2n) is 4.05. The molecule has 0 saturated heterocycles. The molecule has 1 atom stereocenters. The van der Waals surface area contributed by atoms with E-state index in [1.165, 1.54) is 16.6 Å². The van der Waals surface area contributed by atoms with Crippen LogP contribution in [0.15, 0.2) is 54.0 Å². The smallest absolute Gasteiger partial charge is 0.104 e. The summed E-state index contributed by atoms with van der Waals surface area (Å²) in [4.78, 5) is 0. The summed E-state index contributed by atoms with van der Waals surface area (Å²) < 4.78 is 0. The Morgan fingerprint density at radius 1 is 1.20 bits per heavy atom. The van der Waals surface area contributed by atoms with E-state index in [4.69, 9.17) is 0 Å². The van der Waals surface area contributed by atoms with Crippen molar-refractivity contribution < 1.29 is 0 Å². The van der Waals surface area contributed by atoms with Crippen molar-refractivity contribution in [2.24, 2.45) is 0 Å². The highest BCUT2D eigenvalue weighted by atomic mass is 14.1. The first-order valence-electron chi connectivity index (χ1n) is 5.41. The van der Waals surface area contributed by atoms with Gasteiger partial charge in [0.1, 0.15) is 0 Å². The first-order chi connectivity index (χ1) is 7.43. The van der Waals surface area contributed by atoms with E-state index in [0.29, 0.717) is 5.82 Å². The van der Waals surface area contributed by atoms with Crippen LogP contribution in [-0.2, 0) is 0 Å². The predicted molar refractivity (Wildman–Crippen MR) is 65.8 cm³/mol. The molecular weight excluding hydrogens is 179 g/mol. The van der Waals surface area contributed by atoms with Crippen LogP contribution in [0.3, 0.4) is 0 Å². The summed E-state index contributed by atoms with van der Waals surface area (Å²) in [7, 11) is 2.36. The Hall–Kier alpha value is -1.50. The molecule has 0 heterocycles. The fourth-order valence-electron chi connectivity index (χ4n) is 2.24. The number of rotatable bonds is 2. The number of hydrogen-bond acceptors (Lipinski definition) is 0. The largest absolute Gasteiger partial charge is 0.160 e. The Morgan fingerprint density at radius 2 is 2.13 bits per heavy atom. The molecule has 0 aromatic heterocycles. The van der Waals surface area contributed by atoms with Crippen LogP contribution >= 0.6 is 0 Å². The first-order valence-corrected chi connectivity index (χ1v) is 5.41. The highest BCUT2D eigenvalue weighted by Crippen LogP contribution is 2.30. The summed E-state index contributed by atoms with van der Waals surface area (Å²) in [6.07, 6.45) is 12.1. The second kappa shape index (κ2) is 3.58. The van der Waals surface area contributed by atoms with E-state index in [9.17, 15) is 0 Å². The highest BCUT2D eigenvalue weighted by molar-refractivity contribution is 6.48. The third-order valence-corrected chi connectivity index (χ3v) is 3.03. The normalized spacial score (nSPS) is 21.6. The molecule has 0 fully saturated rings. The maximum absolute atomic E-state index is 2.36. The van der Waals surface area contributed by atoms with Gasteiger partial charge >= 0.3 is 0 Å². The Balaban J connectivity index is 1.82. The van der Waals surface area contributed by atoms with E-state index in [0.717, 1.165) is 6.42 Å². The van der Waals surface area contributed by atoms with E-state index in [1.54, 1.807) is 0 Å². The Bertz CT molecular complexity index is 466. The zero-order valence-corrected chi connectivity index (χ0v) is 8.56. The Labute approximate surface area is 91.3 Å². The fourth-order valence-corrected chi connectivity index (χ4v) is 2.24. The topological polar surface area (TPSA) is 0 Å². The molecule has 1 unspecified atom stereocenters. The van der Waals surface area contributed by atoms with E-state index < -0.39 is 0 Å². The van der Waals surface area contributed by atoms with Crippen molar-refractivity contribution in [3.63, 3.8) is 0 Å². The highest BCUT2D eigenvalue weighted by Gasteiger charge is 2.18. The molecule has 0 spiro atoms. The van der Waals surface area contributed by atoms with E-state index in [1.807, 2.05) is 0 Å². The van der Waals surface area contributed by atoms with Gasteiger partial charge in [0.05, 0.1) is 0 Å². The molecule has 15 heavy (non-hydrogen) atoms. The van der Waals surface area contributed by atoms with Crippen LogP contribution in [-0.4, -0.2) is 7.28 Å². The van der Waals surface area contributed by atoms with Gasteiger partial charge in [-0.3, -0.25) is 0 Å². The SMILES string of the molecule is [B](C1=CC=CC1)C1C=Cc2ccccc21. The minimum atomic E-state index is 0.479. The molecule has 0 nitrogen and oxygen atoms in total.